The van der Waals surface area contributed by atoms with Gasteiger partial charge in [-0.2, -0.15) is 0 Å². The highest BCUT2D eigenvalue weighted by atomic mass is 32.1. The molecule has 0 saturated carbocycles. The minimum atomic E-state index is 0.915. The van der Waals surface area contributed by atoms with Crippen molar-refractivity contribution in [3.63, 3.8) is 0 Å². The summed E-state index contributed by atoms with van der Waals surface area (Å²) < 4.78 is 7.41. The molecule has 0 bridgehead atoms. The molecule has 6 aromatic carbocycles. The molecule has 0 aliphatic carbocycles. The fourth-order valence-corrected chi connectivity index (χ4v) is 8.62. The minimum absolute atomic E-state index is 0.915. The average Bonchev–Trinajstić information content (AvgIpc) is 3.78. The molecule has 5 heteroatoms. The molecule has 11 rings (SSSR count). The van der Waals surface area contributed by atoms with Crippen LogP contribution in [0.2, 0.25) is 0 Å². The van der Waals surface area contributed by atoms with Gasteiger partial charge in [-0.25, -0.2) is 9.97 Å². The van der Waals surface area contributed by atoms with E-state index in [1.54, 1.807) is 0 Å². The number of thiophene rings is 1. The maximum Gasteiger partial charge on any atom is 0.165 e. The highest BCUT2D eigenvalue weighted by Crippen LogP contribution is 2.45. The van der Waals surface area contributed by atoms with E-state index in [0.717, 1.165) is 27.6 Å². The van der Waals surface area contributed by atoms with Crippen molar-refractivity contribution in [2.24, 2.45) is 0 Å². The SMILES string of the molecule is c1ccc2nc3c(nc2c1)c1cccc2c4c5c6ccccc6n(-c6ccc7c(c6)sc6ccccc67)c5ccc4n3c12. The molecule has 0 N–H and O–H groups in total. The monoisotopic (exact) mass is 564 g/mol. The lowest BCUT2D eigenvalue weighted by Crippen LogP contribution is -1.93. The zero-order chi connectivity index (χ0) is 27.8. The molecule has 0 saturated heterocycles. The Morgan fingerprint density at radius 2 is 1.19 bits per heavy atom. The second-order valence-corrected chi connectivity index (χ2v) is 12.5. The first kappa shape index (κ1) is 22.1. The maximum atomic E-state index is 5.16. The highest BCUT2D eigenvalue weighted by molar-refractivity contribution is 7.25. The first-order chi connectivity index (χ1) is 21.3. The van der Waals surface area contributed by atoms with E-state index in [1.807, 2.05) is 35.6 Å². The van der Waals surface area contributed by atoms with Crippen LogP contribution >= 0.6 is 11.3 Å². The van der Waals surface area contributed by atoms with Crippen LogP contribution in [-0.2, 0) is 0 Å². The summed E-state index contributed by atoms with van der Waals surface area (Å²) in [5, 5.41) is 8.84. The summed E-state index contributed by atoms with van der Waals surface area (Å²) >= 11 is 1.87. The molecule has 5 aromatic heterocycles. The van der Waals surface area contributed by atoms with Crippen molar-refractivity contribution in [2.75, 3.05) is 0 Å². The van der Waals surface area contributed by atoms with E-state index in [-0.39, 0.29) is 0 Å². The topological polar surface area (TPSA) is 35.1 Å². The van der Waals surface area contributed by atoms with Gasteiger partial charge < -0.3 is 4.57 Å². The lowest BCUT2D eigenvalue weighted by atomic mass is 10.0. The van der Waals surface area contributed by atoms with Crippen LogP contribution < -0.4 is 0 Å². The number of fused-ring (bicyclic) bond motifs is 14. The molecule has 0 unspecified atom stereocenters. The van der Waals surface area contributed by atoms with E-state index in [9.17, 15) is 0 Å². The summed E-state index contributed by atoms with van der Waals surface area (Å²) in [5.41, 5.74) is 9.69. The van der Waals surface area contributed by atoms with Gasteiger partial charge in [-0.3, -0.25) is 4.40 Å². The molecule has 0 amide bonds. The summed E-state index contributed by atoms with van der Waals surface area (Å²) in [6.45, 7) is 0. The molecule has 0 spiro atoms. The Balaban J connectivity index is 1.30. The summed E-state index contributed by atoms with van der Waals surface area (Å²) in [6.07, 6.45) is 0. The van der Waals surface area contributed by atoms with Crippen molar-refractivity contribution in [1.82, 2.24) is 18.9 Å². The molecule has 198 valence electrons. The number of rotatable bonds is 1. The van der Waals surface area contributed by atoms with Crippen molar-refractivity contribution in [1.29, 1.82) is 0 Å². The Kier molecular flexibility index (Phi) is 3.94. The van der Waals surface area contributed by atoms with E-state index in [0.29, 0.717) is 0 Å². The largest absolute Gasteiger partial charge is 0.309 e. The van der Waals surface area contributed by atoms with Crippen LogP contribution in [0, 0.1) is 0 Å². The summed E-state index contributed by atoms with van der Waals surface area (Å²) in [7, 11) is 0. The highest BCUT2D eigenvalue weighted by Gasteiger charge is 2.23. The van der Waals surface area contributed by atoms with Crippen LogP contribution in [0.15, 0.2) is 121 Å². The van der Waals surface area contributed by atoms with Gasteiger partial charge in [-0.15, -0.1) is 11.3 Å². The molecule has 4 nitrogen and oxygen atoms in total. The molecule has 0 aliphatic heterocycles. The zero-order valence-electron chi connectivity index (χ0n) is 22.7. The molecule has 11 aromatic rings. The predicted molar refractivity (Wildman–Crippen MR) is 181 cm³/mol. The first-order valence-corrected chi connectivity index (χ1v) is 15.3. The third kappa shape index (κ3) is 2.67. The smallest absolute Gasteiger partial charge is 0.165 e. The van der Waals surface area contributed by atoms with E-state index in [4.69, 9.17) is 9.97 Å². The van der Waals surface area contributed by atoms with Gasteiger partial charge in [0.2, 0.25) is 0 Å². The van der Waals surface area contributed by atoms with Gasteiger partial charge in [-0.05, 0) is 48.5 Å². The quantitative estimate of drug-likeness (QED) is 0.199. The van der Waals surface area contributed by atoms with Crippen molar-refractivity contribution in [3.05, 3.63) is 121 Å². The summed E-state index contributed by atoms with van der Waals surface area (Å²) in [4.78, 5) is 10.2. The third-order valence-corrected chi connectivity index (χ3v) is 10.4. The van der Waals surface area contributed by atoms with Gasteiger partial charge in [0.1, 0.15) is 5.52 Å². The third-order valence-electron chi connectivity index (χ3n) is 9.23. The van der Waals surface area contributed by atoms with E-state index in [1.165, 1.54) is 69.5 Å². The van der Waals surface area contributed by atoms with Crippen LogP contribution in [-0.4, -0.2) is 18.9 Å². The molecule has 0 atom stereocenters. The Morgan fingerprint density at radius 3 is 2.12 bits per heavy atom. The van der Waals surface area contributed by atoms with Gasteiger partial charge in [0, 0.05) is 52.8 Å². The second kappa shape index (κ2) is 7.65. The van der Waals surface area contributed by atoms with Crippen LogP contribution in [0.5, 0.6) is 0 Å². The van der Waals surface area contributed by atoms with Gasteiger partial charge in [0.15, 0.2) is 5.65 Å². The lowest BCUT2D eigenvalue weighted by molar-refractivity contribution is 1.19. The molecular formula is C38H20N4S. The minimum Gasteiger partial charge on any atom is -0.309 e. The number of aromatic nitrogens is 4. The van der Waals surface area contributed by atoms with E-state index in [2.05, 4.69) is 106 Å². The van der Waals surface area contributed by atoms with Crippen LogP contribution in [0.4, 0.5) is 0 Å². The van der Waals surface area contributed by atoms with Crippen molar-refractivity contribution in [2.45, 2.75) is 0 Å². The first-order valence-electron chi connectivity index (χ1n) is 14.5. The zero-order valence-corrected chi connectivity index (χ0v) is 23.6. The molecular weight excluding hydrogens is 545 g/mol. The van der Waals surface area contributed by atoms with Crippen molar-refractivity contribution >= 4 is 103 Å². The number of para-hydroxylation sites is 4. The molecule has 0 fully saturated rings. The number of benzene rings is 6. The molecule has 5 heterocycles. The fraction of sp³-hybridized carbons (Fsp3) is 0. The van der Waals surface area contributed by atoms with Crippen molar-refractivity contribution in [3.8, 4) is 5.69 Å². The fourth-order valence-electron chi connectivity index (χ4n) is 7.49. The van der Waals surface area contributed by atoms with Gasteiger partial charge >= 0.3 is 0 Å². The Labute approximate surface area is 248 Å². The second-order valence-electron chi connectivity index (χ2n) is 11.4. The van der Waals surface area contributed by atoms with E-state index < -0.39 is 0 Å². The van der Waals surface area contributed by atoms with E-state index >= 15 is 0 Å². The number of nitrogens with zero attached hydrogens (tertiary/aromatic N) is 4. The van der Waals surface area contributed by atoms with Gasteiger partial charge in [0.05, 0.1) is 33.1 Å². The molecule has 43 heavy (non-hydrogen) atoms. The lowest BCUT2D eigenvalue weighted by Gasteiger charge is -2.08. The summed E-state index contributed by atoms with van der Waals surface area (Å²) in [6, 6.07) is 43.8. The Hall–Kier alpha value is -5.52. The number of hydrogen-bond acceptors (Lipinski definition) is 3. The van der Waals surface area contributed by atoms with Crippen LogP contribution in [0.1, 0.15) is 0 Å². The average molecular weight is 565 g/mol. The standard InChI is InChI=1S/C38H20N4S/c1-5-14-29-24(9-1)34-30(41(29)21-16-17-23-22-8-2-6-15-32(22)43-33(23)20-21)18-19-31-35(34)25-10-7-11-26-36-38(42(31)37(25)26)40-28-13-4-3-12-27(28)39-36/h1-20H. The molecule has 0 aliphatic rings. The Bertz CT molecular complexity index is 2960. The maximum absolute atomic E-state index is 5.16. The van der Waals surface area contributed by atoms with Crippen molar-refractivity contribution < 1.29 is 0 Å². The molecule has 0 radical (unpaired) electrons. The normalized spacial score (nSPS) is 12.7. The van der Waals surface area contributed by atoms with Gasteiger partial charge in [-0.1, -0.05) is 72.8 Å². The number of hydrogen-bond donors (Lipinski definition) is 0. The predicted octanol–water partition coefficient (Wildman–Crippen LogP) is 10.2. The Morgan fingerprint density at radius 1 is 0.488 bits per heavy atom. The van der Waals surface area contributed by atoms with Crippen LogP contribution in [0.25, 0.3) is 97.1 Å². The van der Waals surface area contributed by atoms with Crippen LogP contribution in [0.3, 0.4) is 0 Å². The van der Waals surface area contributed by atoms with Gasteiger partial charge in [0.25, 0.3) is 0 Å². The summed E-state index contributed by atoms with van der Waals surface area (Å²) in [5.74, 6) is 0.